The minimum Gasteiger partial charge on any atom is -0.377 e. The van der Waals surface area contributed by atoms with Gasteiger partial charge in [0.2, 0.25) is 9.84 Å². The number of sulfone groups is 1. The smallest absolute Gasteiger partial charge is 0.319 e. The summed E-state index contributed by atoms with van der Waals surface area (Å²) in [5.41, 5.74) is 1.39. The van der Waals surface area contributed by atoms with E-state index < -0.39 is 33.6 Å². The Morgan fingerprint density at radius 2 is 1.95 bits per heavy atom. The summed E-state index contributed by atoms with van der Waals surface area (Å²) >= 11 is 0. The fraction of sp³-hybridized carbons (Fsp3) is 0.385. The second-order valence-corrected chi connectivity index (χ2v) is 11.7. The average Bonchev–Trinajstić information content (AvgIpc) is 3.76. The molecule has 206 valence electrons. The fourth-order valence-corrected chi connectivity index (χ4v) is 6.42. The maximum Gasteiger partial charge on any atom is 0.319 e. The third-order valence-corrected chi connectivity index (χ3v) is 9.23. The van der Waals surface area contributed by atoms with Gasteiger partial charge >= 0.3 is 6.03 Å². The normalized spacial score (nSPS) is 18.6. The van der Waals surface area contributed by atoms with E-state index in [0.717, 1.165) is 0 Å². The molecule has 1 aliphatic carbocycles. The van der Waals surface area contributed by atoms with E-state index >= 15 is 0 Å². The molecule has 2 amide bonds. The topological polar surface area (TPSA) is 126 Å². The maximum atomic E-state index is 13.7. The van der Waals surface area contributed by atoms with Crippen LogP contribution in [0.15, 0.2) is 59.8 Å². The van der Waals surface area contributed by atoms with Crippen LogP contribution in [-0.4, -0.2) is 68.2 Å². The molecule has 0 spiro atoms. The molecule has 1 aliphatic heterocycles. The lowest BCUT2D eigenvalue weighted by Gasteiger charge is -2.34. The number of halogens is 2. The molecule has 3 heterocycles. The number of nitrogens with one attached hydrogen (secondary N) is 2. The number of pyridine rings is 1. The molecule has 0 unspecified atom stereocenters. The van der Waals surface area contributed by atoms with Gasteiger partial charge in [-0.3, -0.25) is 0 Å². The van der Waals surface area contributed by atoms with Gasteiger partial charge in [-0.2, -0.15) is 0 Å². The van der Waals surface area contributed by atoms with Gasteiger partial charge in [-0.25, -0.2) is 36.9 Å². The number of carbonyl (C=O) groups excluding carboxylic acids is 1. The summed E-state index contributed by atoms with van der Waals surface area (Å²) in [6, 6.07) is 12.4. The minimum atomic E-state index is -3.82. The Bertz CT molecular complexity index is 1440. The van der Waals surface area contributed by atoms with Crippen LogP contribution in [0.4, 0.5) is 25.1 Å². The monoisotopic (exact) mass is 558 g/mol. The highest BCUT2D eigenvalue weighted by Gasteiger charge is 2.58. The number of alkyl halides is 2. The van der Waals surface area contributed by atoms with Crippen LogP contribution in [0.25, 0.3) is 11.4 Å². The molecule has 1 saturated carbocycles. The Morgan fingerprint density at radius 3 is 2.59 bits per heavy atom. The van der Waals surface area contributed by atoms with E-state index in [2.05, 4.69) is 20.5 Å². The summed E-state index contributed by atoms with van der Waals surface area (Å²) in [6.45, 7) is 2.88. The molecule has 2 N–H and O–H groups in total. The summed E-state index contributed by atoms with van der Waals surface area (Å²) in [4.78, 5) is 27.5. The van der Waals surface area contributed by atoms with Crippen molar-refractivity contribution in [2.45, 2.75) is 42.0 Å². The van der Waals surface area contributed by atoms with E-state index in [-0.39, 0.29) is 11.1 Å². The fourth-order valence-electron chi connectivity index (χ4n) is 4.54. The number of carbonyl (C=O) groups is 1. The van der Waals surface area contributed by atoms with E-state index in [4.69, 9.17) is 14.7 Å². The quantitative estimate of drug-likeness (QED) is 0.430. The van der Waals surface area contributed by atoms with Gasteiger partial charge in [-0.1, -0.05) is 6.07 Å². The summed E-state index contributed by atoms with van der Waals surface area (Å²) in [6.07, 6.45) is -0.366. The van der Waals surface area contributed by atoms with Crippen molar-refractivity contribution in [1.82, 2.24) is 20.3 Å². The van der Waals surface area contributed by atoms with E-state index in [1.54, 1.807) is 42.5 Å². The van der Waals surface area contributed by atoms with Gasteiger partial charge in [0, 0.05) is 30.1 Å². The summed E-state index contributed by atoms with van der Waals surface area (Å²) in [5, 5.41) is 4.58. The van der Waals surface area contributed by atoms with Crippen molar-refractivity contribution in [3.63, 3.8) is 0 Å². The highest BCUT2D eigenvalue weighted by atomic mass is 32.2. The third-order valence-electron chi connectivity index (χ3n) is 6.79. The number of aromatic nitrogens is 3. The summed E-state index contributed by atoms with van der Waals surface area (Å²) in [5.74, 6) is 0.930. The number of rotatable bonds is 8. The first-order valence-corrected chi connectivity index (χ1v) is 14.0. The molecule has 2 aliphatic rings. The second-order valence-electron chi connectivity index (χ2n) is 9.52. The number of nitrogens with zero attached hydrogens (tertiary/aromatic N) is 4. The van der Waals surface area contributed by atoms with Crippen LogP contribution in [0.2, 0.25) is 0 Å². The predicted octanol–water partition coefficient (Wildman–Crippen LogP) is 3.61. The number of urea groups is 1. The SMILES string of the molecule is C[C@H]1COCCN1c1cc(C2(S(=O)(=O)c3ccccn3)CC2)nc(-c2ccc(NC(=O)NCC(F)F)cc2)n1. The van der Waals surface area contributed by atoms with Crippen molar-refractivity contribution < 1.29 is 26.7 Å². The standard InChI is InChI=1S/C26H28F2N6O4S/c1-17-16-38-13-12-34(17)22-14-20(26(9-10-26)39(36,37)23-4-2-3-11-29-23)32-24(33-22)18-5-7-19(8-6-18)31-25(35)30-15-21(27)28/h2-8,11,14,17,21H,9-10,12-13,15-16H2,1H3,(H2,30,31,35)/t17-/m0/s1. The lowest BCUT2D eigenvalue weighted by atomic mass is 10.1. The van der Waals surface area contributed by atoms with Gasteiger partial charge in [0.1, 0.15) is 10.6 Å². The third kappa shape index (κ3) is 5.55. The number of anilines is 2. The Morgan fingerprint density at radius 1 is 1.18 bits per heavy atom. The zero-order valence-corrected chi connectivity index (χ0v) is 22.0. The average molecular weight is 559 g/mol. The highest BCUT2D eigenvalue weighted by molar-refractivity contribution is 7.92. The van der Waals surface area contributed by atoms with Crippen molar-refractivity contribution in [2.75, 3.05) is 36.5 Å². The number of hydrogen-bond acceptors (Lipinski definition) is 8. The number of ether oxygens (including phenoxy) is 1. The van der Waals surface area contributed by atoms with E-state index in [1.165, 1.54) is 12.3 Å². The van der Waals surface area contributed by atoms with Crippen LogP contribution in [-0.2, 0) is 19.3 Å². The van der Waals surface area contributed by atoms with Crippen molar-refractivity contribution in [1.29, 1.82) is 0 Å². The van der Waals surface area contributed by atoms with Gasteiger partial charge in [0.05, 0.1) is 31.5 Å². The number of amides is 2. The summed E-state index contributed by atoms with van der Waals surface area (Å²) < 4.78 is 56.5. The Kier molecular flexibility index (Phi) is 7.45. The van der Waals surface area contributed by atoms with Gasteiger partial charge in [0.15, 0.2) is 10.9 Å². The van der Waals surface area contributed by atoms with Crippen LogP contribution >= 0.6 is 0 Å². The highest BCUT2D eigenvalue weighted by Crippen LogP contribution is 2.54. The van der Waals surface area contributed by atoms with E-state index in [0.29, 0.717) is 61.2 Å². The zero-order valence-electron chi connectivity index (χ0n) is 21.2. The second kappa shape index (κ2) is 10.8. The number of morpholine rings is 1. The molecule has 2 aromatic heterocycles. The van der Waals surface area contributed by atoms with Crippen LogP contribution < -0.4 is 15.5 Å². The first kappa shape index (κ1) is 26.9. The zero-order chi connectivity index (χ0) is 27.6. The van der Waals surface area contributed by atoms with Crippen molar-refractivity contribution in [3.05, 3.63) is 60.4 Å². The minimum absolute atomic E-state index is 0.00417. The van der Waals surface area contributed by atoms with E-state index in [1.807, 2.05) is 6.92 Å². The van der Waals surface area contributed by atoms with Crippen LogP contribution in [0, 0.1) is 0 Å². The molecule has 1 atom stereocenters. The summed E-state index contributed by atoms with van der Waals surface area (Å²) in [7, 11) is -3.82. The molecule has 10 nitrogen and oxygen atoms in total. The van der Waals surface area contributed by atoms with Crippen molar-refractivity contribution in [2.24, 2.45) is 0 Å². The largest absolute Gasteiger partial charge is 0.377 e. The van der Waals surface area contributed by atoms with Crippen LogP contribution in [0.3, 0.4) is 0 Å². The van der Waals surface area contributed by atoms with Gasteiger partial charge in [-0.15, -0.1) is 0 Å². The molecular weight excluding hydrogens is 530 g/mol. The van der Waals surface area contributed by atoms with Crippen LogP contribution in [0.5, 0.6) is 0 Å². The molecule has 0 radical (unpaired) electrons. The lowest BCUT2D eigenvalue weighted by molar-refractivity contribution is 0.0985. The van der Waals surface area contributed by atoms with Crippen molar-refractivity contribution in [3.8, 4) is 11.4 Å². The van der Waals surface area contributed by atoms with Gasteiger partial charge in [-0.05, 0) is 56.2 Å². The van der Waals surface area contributed by atoms with E-state index in [9.17, 15) is 22.0 Å². The van der Waals surface area contributed by atoms with Crippen LogP contribution in [0.1, 0.15) is 25.5 Å². The molecule has 0 bridgehead atoms. The Balaban J connectivity index is 1.51. The molecule has 1 saturated heterocycles. The predicted molar refractivity (Wildman–Crippen MR) is 140 cm³/mol. The molecule has 13 heteroatoms. The molecule has 3 aromatic rings. The number of benzene rings is 1. The lowest BCUT2D eigenvalue weighted by Crippen LogP contribution is -2.44. The maximum absolute atomic E-state index is 13.7. The Hall–Kier alpha value is -3.71. The number of hydrogen-bond donors (Lipinski definition) is 2. The molecule has 39 heavy (non-hydrogen) atoms. The van der Waals surface area contributed by atoms with Gasteiger partial charge < -0.3 is 20.3 Å². The first-order chi connectivity index (χ1) is 18.7. The Labute approximate surface area is 224 Å². The van der Waals surface area contributed by atoms with Crippen molar-refractivity contribution >= 4 is 27.4 Å². The first-order valence-electron chi connectivity index (χ1n) is 12.5. The molecule has 5 rings (SSSR count). The van der Waals surface area contributed by atoms with Gasteiger partial charge in [0.25, 0.3) is 6.43 Å². The molecular formula is C26H28F2N6O4S. The molecule has 2 fully saturated rings. The molecule has 1 aromatic carbocycles.